The Labute approximate surface area is 92.4 Å². The maximum Gasteiger partial charge on any atom is 0.323 e. The SMILES string of the molecule is CC(C)C(N)C(=O)OCC1(C(C)C)CC1. The van der Waals surface area contributed by atoms with Crippen molar-refractivity contribution in [1.29, 1.82) is 0 Å². The minimum atomic E-state index is -0.479. The summed E-state index contributed by atoms with van der Waals surface area (Å²) in [5.41, 5.74) is 5.97. The minimum absolute atomic E-state index is 0.145. The number of nitrogens with two attached hydrogens (primary N) is 1. The van der Waals surface area contributed by atoms with Crippen LogP contribution in [0.3, 0.4) is 0 Å². The topological polar surface area (TPSA) is 52.3 Å². The molecule has 0 aromatic rings. The van der Waals surface area contributed by atoms with Gasteiger partial charge in [0.2, 0.25) is 0 Å². The molecule has 3 nitrogen and oxygen atoms in total. The van der Waals surface area contributed by atoms with Gasteiger partial charge in [0.05, 0.1) is 6.61 Å². The van der Waals surface area contributed by atoms with Crippen LogP contribution < -0.4 is 5.73 Å². The molecule has 0 aliphatic heterocycles. The molecule has 1 aliphatic rings. The van der Waals surface area contributed by atoms with Crippen molar-refractivity contribution in [1.82, 2.24) is 0 Å². The molecule has 1 fully saturated rings. The summed E-state index contributed by atoms with van der Waals surface area (Å²) in [6.45, 7) is 8.78. The molecule has 0 heterocycles. The molecule has 1 unspecified atom stereocenters. The number of hydrogen-bond acceptors (Lipinski definition) is 3. The van der Waals surface area contributed by atoms with Gasteiger partial charge in [0.25, 0.3) is 0 Å². The summed E-state index contributed by atoms with van der Waals surface area (Å²) in [6, 6.07) is -0.479. The molecule has 88 valence electrons. The van der Waals surface area contributed by atoms with Crippen molar-refractivity contribution >= 4 is 5.97 Å². The summed E-state index contributed by atoms with van der Waals surface area (Å²) in [7, 11) is 0. The van der Waals surface area contributed by atoms with E-state index in [-0.39, 0.29) is 17.3 Å². The monoisotopic (exact) mass is 213 g/mol. The molecule has 15 heavy (non-hydrogen) atoms. The third-order valence-electron chi connectivity index (χ3n) is 3.61. The molecule has 0 amide bonds. The summed E-state index contributed by atoms with van der Waals surface area (Å²) in [6.07, 6.45) is 2.35. The lowest BCUT2D eigenvalue weighted by molar-refractivity contribution is -0.148. The lowest BCUT2D eigenvalue weighted by Gasteiger charge is -2.21. The van der Waals surface area contributed by atoms with E-state index in [1.165, 1.54) is 12.8 Å². The van der Waals surface area contributed by atoms with Gasteiger partial charge in [-0.25, -0.2) is 0 Å². The van der Waals surface area contributed by atoms with Crippen LogP contribution >= 0.6 is 0 Å². The average molecular weight is 213 g/mol. The van der Waals surface area contributed by atoms with Gasteiger partial charge in [-0.3, -0.25) is 4.79 Å². The number of rotatable bonds is 5. The Balaban J connectivity index is 2.35. The van der Waals surface area contributed by atoms with Crippen LogP contribution in [0.4, 0.5) is 0 Å². The largest absolute Gasteiger partial charge is 0.464 e. The lowest BCUT2D eigenvalue weighted by Crippen LogP contribution is -2.38. The number of esters is 1. The maximum absolute atomic E-state index is 11.5. The lowest BCUT2D eigenvalue weighted by atomic mass is 9.93. The Morgan fingerprint density at radius 3 is 2.20 bits per heavy atom. The van der Waals surface area contributed by atoms with Crippen molar-refractivity contribution in [2.24, 2.45) is 23.0 Å². The smallest absolute Gasteiger partial charge is 0.323 e. The van der Waals surface area contributed by atoms with Crippen molar-refractivity contribution in [3.05, 3.63) is 0 Å². The van der Waals surface area contributed by atoms with E-state index in [9.17, 15) is 4.79 Å². The van der Waals surface area contributed by atoms with Crippen LogP contribution in [0.2, 0.25) is 0 Å². The van der Waals surface area contributed by atoms with E-state index in [1.807, 2.05) is 13.8 Å². The minimum Gasteiger partial charge on any atom is -0.464 e. The Hall–Kier alpha value is -0.570. The van der Waals surface area contributed by atoms with E-state index in [2.05, 4.69) is 13.8 Å². The standard InChI is InChI=1S/C12H23NO2/c1-8(2)10(13)11(14)15-7-12(5-6-12)9(3)4/h8-10H,5-7,13H2,1-4H3. The highest BCUT2D eigenvalue weighted by Crippen LogP contribution is 2.51. The zero-order chi connectivity index (χ0) is 11.6. The van der Waals surface area contributed by atoms with E-state index in [0.717, 1.165) is 0 Å². The molecular formula is C12H23NO2. The molecular weight excluding hydrogens is 190 g/mol. The fourth-order valence-corrected chi connectivity index (χ4v) is 1.63. The van der Waals surface area contributed by atoms with Gasteiger partial charge < -0.3 is 10.5 Å². The first-order valence-corrected chi connectivity index (χ1v) is 5.81. The molecule has 0 radical (unpaired) electrons. The van der Waals surface area contributed by atoms with Gasteiger partial charge >= 0.3 is 5.97 Å². The zero-order valence-corrected chi connectivity index (χ0v) is 10.2. The fourth-order valence-electron chi connectivity index (χ4n) is 1.63. The molecule has 1 atom stereocenters. The van der Waals surface area contributed by atoms with Gasteiger partial charge in [-0.05, 0) is 24.7 Å². The molecule has 0 bridgehead atoms. The summed E-state index contributed by atoms with van der Waals surface area (Å²) in [5, 5.41) is 0. The number of carbonyl (C=O) groups excluding carboxylic acids is 1. The Morgan fingerprint density at radius 1 is 1.33 bits per heavy atom. The molecule has 1 aliphatic carbocycles. The first-order valence-electron chi connectivity index (χ1n) is 5.81. The van der Waals surface area contributed by atoms with Crippen molar-refractivity contribution in [3.63, 3.8) is 0 Å². The molecule has 1 rings (SSSR count). The van der Waals surface area contributed by atoms with Gasteiger partial charge in [-0.1, -0.05) is 27.7 Å². The quantitative estimate of drug-likeness (QED) is 0.710. The van der Waals surface area contributed by atoms with Crippen molar-refractivity contribution in [2.45, 2.75) is 46.6 Å². The predicted molar refractivity (Wildman–Crippen MR) is 60.3 cm³/mol. The molecule has 3 heteroatoms. The molecule has 0 aromatic carbocycles. The van der Waals surface area contributed by atoms with Crippen LogP contribution in [0.15, 0.2) is 0 Å². The molecule has 0 aromatic heterocycles. The third-order valence-corrected chi connectivity index (χ3v) is 3.61. The second-order valence-corrected chi connectivity index (χ2v) is 5.39. The van der Waals surface area contributed by atoms with Crippen molar-refractivity contribution in [2.75, 3.05) is 6.61 Å². The van der Waals surface area contributed by atoms with E-state index in [4.69, 9.17) is 10.5 Å². The van der Waals surface area contributed by atoms with E-state index in [0.29, 0.717) is 12.5 Å². The summed E-state index contributed by atoms with van der Waals surface area (Å²) >= 11 is 0. The van der Waals surface area contributed by atoms with Gasteiger partial charge in [0.1, 0.15) is 6.04 Å². The van der Waals surface area contributed by atoms with Crippen LogP contribution in [0.5, 0.6) is 0 Å². The molecule has 1 saturated carbocycles. The van der Waals surface area contributed by atoms with Crippen LogP contribution in [-0.2, 0) is 9.53 Å². The Bertz CT molecular complexity index is 232. The summed E-state index contributed by atoms with van der Waals surface area (Å²) < 4.78 is 5.29. The van der Waals surface area contributed by atoms with Crippen LogP contribution in [-0.4, -0.2) is 18.6 Å². The molecule has 0 saturated heterocycles. The Kier molecular flexibility index (Phi) is 3.77. The van der Waals surface area contributed by atoms with Gasteiger partial charge in [0.15, 0.2) is 0 Å². The third kappa shape index (κ3) is 2.94. The van der Waals surface area contributed by atoms with Crippen molar-refractivity contribution < 1.29 is 9.53 Å². The van der Waals surface area contributed by atoms with Crippen LogP contribution in [0.25, 0.3) is 0 Å². The second-order valence-electron chi connectivity index (χ2n) is 5.39. The number of ether oxygens (including phenoxy) is 1. The first kappa shape index (κ1) is 12.5. The van der Waals surface area contributed by atoms with Gasteiger partial charge in [0, 0.05) is 5.41 Å². The zero-order valence-electron chi connectivity index (χ0n) is 10.2. The van der Waals surface area contributed by atoms with Gasteiger partial charge in [-0.15, -0.1) is 0 Å². The van der Waals surface area contributed by atoms with Gasteiger partial charge in [-0.2, -0.15) is 0 Å². The van der Waals surface area contributed by atoms with E-state index >= 15 is 0 Å². The normalized spacial score (nSPS) is 20.5. The summed E-state index contributed by atoms with van der Waals surface area (Å²) in [5.74, 6) is 0.476. The second kappa shape index (κ2) is 4.52. The van der Waals surface area contributed by atoms with E-state index in [1.54, 1.807) is 0 Å². The first-order chi connectivity index (χ1) is 6.89. The number of hydrogen-bond donors (Lipinski definition) is 1. The highest BCUT2D eigenvalue weighted by molar-refractivity contribution is 5.75. The molecule has 0 spiro atoms. The average Bonchev–Trinajstić information content (AvgIpc) is 2.93. The molecule has 2 N–H and O–H groups in total. The highest BCUT2D eigenvalue weighted by atomic mass is 16.5. The maximum atomic E-state index is 11.5. The number of carbonyl (C=O) groups is 1. The Morgan fingerprint density at radius 2 is 1.87 bits per heavy atom. The highest BCUT2D eigenvalue weighted by Gasteiger charge is 2.46. The van der Waals surface area contributed by atoms with Crippen LogP contribution in [0.1, 0.15) is 40.5 Å². The summed E-state index contributed by atoms with van der Waals surface area (Å²) in [4.78, 5) is 11.5. The van der Waals surface area contributed by atoms with E-state index < -0.39 is 6.04 Å². The van der Waals surface area contributed by atoms with Crippen LogP contribution in [0, 0.1) is 17.3 Å². The predicted octanol–water partition coefficient (Wildman–Crippen LogP) is 1.95. The fraction of sp³-hybridized carbons (Fsp3) is 0.917. The van der Waals surface area contributed by atoms with Crippen molar-refractivity contribution in [3.8, 4) is 0 Å².